The van der Waals surface area contributed by atoms with Crippen LogP contribution in [0.25, 0.3) is 0 Å². The first-order valence-electron chi connectivity index (χ1n) is 11.9. The van der Waals surface area contributed by atoms with Crippen LogP contribution in [0.3, 0.4) is 0 Å². The number of benzene rings is 4. The van der Waals surface area contributed by atoms with Gasteiger partial charge in [0.2, 0.25) is 0 Å². The number of hydrogen-bond acceptors (Lipinski definition) is 2. The van der Waals surface area contributed by atoms with E-state index in [1.54, 1.807) is 0 Å². The van der Waals surface area contributed by atoms with E-state index in [4.69, 9.17) is 9.47 Å². The molecule has 0 radical (unpaired) electrons. The second-order valence-corrected chi connectivity index (χ2v) is 9.33. The lowest BCUT2D eigenvalue weighted by Crippen LogP contribution is -2.35. The third-order valence-electron chi connectivity index (χ3n) is 6.89. The molecule has 0 N–H and O–H groups in total. The molecule has 1 aliphatic heterocycles. The maximum atomic E-state index is 14.6. The zero-order chi connectivity index (χ0) is 24.3. The summed E-state index contributed by atoms with van der Waals surface area (Å²) in [5, 5.41) is 0. The first-order valence-corrected chi connectivity index (χ1v) is 11.9. The minimum absolute atomic E-state index is 0.0416. The van der Waals surface area contributed by atoms with Gasteiger partial charge < -0.3 is 9.47 Å². The first-order chi connectivity index (χ1) is 17.0. The molecular weight excluding hydrogens is 442 g/mol. The Morgan fingerprint density at radius 1 is 0.800 bits per heavy atom. The summed E-state index contributed by atoms with van der Waals surface area (Å²) in [7, 11) is 0. The highest BCUT2D eigenvalue weighted by atomic mass is 19.1. The molecule has 2 atom stereocenters. The Morgan fingerprint density at radius 3 is 1.80 bits per heavy atom. The summed E-state index contributed by atoms with van der Waals surface area (Å²) < 4.78 is 41.0. The molecule has 1 saturated heterocycles. The Hall–Kier alpha value is -3.34. The van der Waals surface area contributed by atoms with Crippen LogP contribution in [-0.2, 0) is 20.7 Å². The normalized spacial score (nSPS) is 20.1. The van der Waals surface area contributed by atoms with Crippen LogP contribution in [0.4, 0.5) is 8.78 Å². The molecule has 4 heteroatoms. The molecule has 1 aliphatic rings. The molecule has 4 aromatic rings. The van der Waals surface area contributed by atoms with Crippen LogP contribution in [0.2, 0.25) is 0 Å². The van der Waals surface area contributed by atoms with E-state index in [2.05, 4.69) is 36.4 Å². The van der Waals surface area contributed by atoms with Crippen LogP contribution in [-0.4, -0.2) is 13.2 Å². The minimum atomic E-state index is -0.833. The Kier molecular flexibility index (Phi) is 6.50. The molecule has 2 nitrogen and oxygen atoms in total. The summed E-state index contributed by atoms with van der Waals surface area (Å²) >= 11 is 0. The molecule has 0 bridgehead atoms. The summed E-state index contributed by atoms with van der Waals surface area (Å²) in [4.78, 5) is 0. The smallest absolute Gasteiger partial charge is 0.143 e. The van der Waals surface area contributed by atoms with Gasteiger partial charge in [-0.3, -0.25) is 0 Å². The third kappa shape index (κ3) is 4.52. The van der Waals surface area contributed by atoms with Crippen molar-refractivity contribution in [1.29, 1.82) is 0 Å². The molecule has 5 rings (SSSR count). The van der Waals surface area contributed by atoms with Gasteiger partial charge in [-0.25, -0.2) is 8.78 Å². The maximum Gasteiger partial charge on any atom is 0.143 e. The SMILES string of the molecule is C[C@]1(c2ccc(F)cc2F)C[C@@H](COC(c2ccccc2)(c2ccccc2)c2ccccc2)CO1. The quantitative estimate of drug-likeness (QED) is 0.265. The molecule has 0 saturated carbocycles. The second-order valence-electron chi connectivity index (χ2n) is 9.33. The fourth-order valence-corrected chi connectivity index (χ4v) is 5.20. The van der Waals surface area contributed by atoms with Crippen LogP contribution < -0.4 is 0 Å². The van der Waals surface area contributed by atoms with Gasteiger partial charge in [0.05, 0.1) is 18.8 Å². The highest BCUT2D eigenvalue weighted by Crippen LogP contribution is 2.44. The lowest BCUT2D eigenvalue weighted by molar-refractivity contribution is -0.0134. The third-order valence-corrected chi connectivity index (χ3v) is 6.89. The average molecular weight is 471 g/mol. The van der Waals surface area contributed by atoms with Crippen LogP contribution in [0.15, 0.2) is 109 Å². The van der Waals surface area contributed by atoms with Crippen molar-refractivity contribution in [3.05, 3.63) is 143 Å². The van der Waals surface area contributed by atoms with E-state index in [9.17, 15) is 8.78 Å². The Labute approximate surface area is 205 Å². The van der Waals surface area contributed by atoms with E-state index in [0.717, 1.165) is 22.8 Å². The second kappa shape index (κ2) is 9.73. The number of rotatable bonds is 7. The fourth-order valence-electron chi connectivity index (χ4n) is 5.20. The van der Waals surface area contributed by atoms with Gasteiger partial charge >= 0.3 is 0 Å². The molecular formula is C31H28F2O2. The average Bonchev–Trinajstić information content (AvgIpc) is 3.28. The predicted molar refractivity (Wildman–Crippen MR) is 133 cm³/mol. The molecule has 178 valence electrons. The fraction of sp³-hybridized carbons (Fsp3) is 0.226. The lowest BCUT2D eigenvalue weighted by atomic mass is 9.80. The zero-order valence-corrected chi connectivity index (χ0v) is 19.7. The van der Waals surface area contributed by atoms with Gasteiger partial charge in [0.15, 0.2) is 0 Å². The van der Waals surface area contributed by atoms with E-state index in [-0.39, 0.29) is 5.92 Å². The molecule has 35 heavy (non-hydrogen) atoms. The van der Waals surface area contributed by atoms with Crippen molar-refractivity contribution in [2.75, 3.05) is 13.2 Å². The molecule has 0 unspecified atom stereocenters. The Bertz CT molecular complexity index is 1160. The molecule has 0 aliphatic carbocycles. The minimum Gasteiger partial charge on any atom is -0.370 e. The highest BCUT2D eigenvalue weighted by molar-refractivity contribution is 5.47. The summed E-state index contributed by atoms with van der Waals surface area (Å²) in [5.41, 5.74) is 1.82. The topological polar surface area (TPSA) is 18.5 Å². The molecule has 4 aromatic carbocycles. The van der Waals surface area contributed by atoms with Gasteiger partial charge in [0.25, 0.3) is 0 Å². The van der Waals surface area contributed by atoms with E-state index in [1.807, 2.05) is 61.5 Å². The van der Waals surface area contributed by atoms with Crippen molar-refractivity contribution in [1.82, 2.24) is 0 Å². The number of halogens is 2. The van der Waals surface area contributed by atoms with Crippen molar-refractivity contribution < 1.29 is 18.3 Å². The number of hydrogen-bond donors (Lipinski definition) is 0. The van der Waals surface area contributed by atoms with Gasteiger partial charge in [-0.05, 0) is 36.1 Å². The summed E-state index contributed by atoms with van der Waals surface area (Å²) in [5.74, 6) is -1.13. The largest absolute Gasteiger partial charge is 0.370 e. The van der Waals surface area contributed by atoms with Crippen molar-refractivity contribution in [2.45, 2.75) is 24.5 Å². The first kappa shape index (κ1) is 23.4. The van der Waals surface area contributed by atoms with E-state index in [1.165, 1.54) is 12.1 Å². The van der Waals surface area contributed by atoms with Gasteiger partial charge in [-0.15, -0.1) is 0 Å². The molecule has 0 aromatic heterocycles. The number of ether oxygens (including phenoxy) is 2. The van der Waals surface area contributed by atoms with Gasteiger partial charge in [-0.1, -0.05) is 97.1 Å². The summed E-state index contributed by atoms with van der Waals surface area (Å²) in [6.07, 6.45) is 0.573. The maximum absolute atomic E-state index is 14.6. The standard InChI is InChI=1S/C31H28F2O2/c1-30(28-18-17-27(32)19-29(28)33)20-23(21-34-30)22-35-31(24-11-5-2-6-12-24,25-13-7-3-8-14-25)26-15-9-4-10-16-26/h2-19,23H,20-22H2,1H3/t23-,30-/m1/s1. The van der Waals surface area contributed by atoms with Crippen molar-refractivity contribution in [3.8, 4) is 0 Å². The molecule has 0 spiro atoms. The molecule has 1 heterocycles. The van der Waals surface area contributed by atoms with Crippen molar-refractivity contribution >= 4 is 0 Å². The monoisotopic (exact) mass is 470 g/mol. The molecule has 1 fully saturated rings. The van der Waals surface area contributed by atoms with Crippen LogP contribution >= 0.6 is 0 Å². The zero-order valence-electron chi connectivity index (χ0n) is 19.7. The summed E-state index contributed by atoms with van der Waals surface area (Å²) in [6, 6.07) is 34.3. The summed E-state index contributed by atoms with van der Waals surface area (Å²) in [6.45, 7) is 2.71. The Balaban J connectivity index is 1.49. The van der Waals surface area contributed by atoms with Gasteiger partial charge in [-0.2, -0.15) is 0 Å². The van der Waals surface area contributed by atoms with Crippen LogP contribution in [0.5, 0.6) is 0 Å². The van der Waals surface area contributed by atoms with Crippen LogP contribution in [0.1, 0.15) is 35.6 Å². The van der Waals surface area contributed by atoms with E-state index in [0.29, 0.717) is 25.2 Å². The Morgan fingerprint density at radius 2 is 1.31 bits per heavy atom. The predicted octanol–water partition coefficient (Wildman–Crippen LogP) is 7.23. The lowest BCUT2D eigenvalue weighted by Gasteiger charge is -2.36. The van der Waals surface area contributed by atoms with Gasteiger partial charge in [0, 0.05) is 17.5 Å². The van der Waals surface area contributed by atoms with Crippen molar-refractivity contribution in [3.63, 3.8) is 0 Å². The molecule has 0 amide bonds. The van der Waals surface area contributed by atoms with E-state index < -0.39 is 22.8 Å². The van der Waals surface area contributed by atoms with Crippen LogP contribution in [0, 0.1) is 17.6 Å². The van der Waals surface area contributed by atoms with E-state index >= 15 is 0 Å². The van der Waals surface area contributed by atoms with Gasteiger partial charge in [0.1, 0.15) is 17.2 Å². The van der Waals surface area contributed by atoms with Crippen molar-refractivity contribution in [2.24, 2.45) is 5.92 Å². The highest BCUT2D eigenvalue weighted by Gasteiger charge is 2.43.